The number of rotatable bonds is 21. The van der Waals surface area contributed by atoms with Gasteiger partial charge >= 0.3 is 22.3 Å². The first-order chi connectivity index (χ1) is 33.4. The van der Waals surface area contributed by atoms with E-state index in [1.807, 2.05) is 25.9 Å². The van der Waals surface area contributed by atoms with Gasteiger partial charge in [0, 0.05) is 37.7 Å². The molecule has 3 rings (SSSR count). The van der Waals surface area contributed by atoms with Gasteiger partial charge in [0.2, 0.25) is 0 Å². The van der Waals surface area contributed by atoms with Crippen molar-refractivity contribution in [1.82, 2.24) is 4.90 Å². The summed E-state index contributed by atoms with van der Waals surface area (Å²) in [5.41, 5.74) is -4.92. The molecule has 0 radical (unpaired) electrons. The Labute approximate surface area is 432 Å². The molecule has 3 aliphatic rings. The second-order valence-electron chi connectivity index (χ2n) is 21.7. The number of ketones is 1. The van der Waals surface area contributed by atoms with E-state index >= 15 is 0 Å². The van der Waals surface area contributed by atoms with Crippen LogP contribution in [0.5, 0.6) is 0 Å². The third-order valence-corrected chi connectivity index (χ3v) is 15.5. The van der Waals surface area contributed by atoms with Gasteiger partial charge < -0.3 is 58.5 Å². The van der Waals surface area contributed by atoms with Crippen LogP contribution >= 0.6 is 0 Å². The molecule has 0 aromatic heterocycles. The van der Waals surface area contributed by atoms with E-state index in [0.29, 0.717) is 12.8 Å². The number of hydrogen-bond acceptors (Lipinski definition) is 18. The predicted molar refractivity (Wildman–Crippen MR) is 270 cm³/mol. The lowest BCUT2D eigenvalue weighted by Gasteiger charge is -2.49. The Balaban J connectivity index is 0.000000887. The fourth-order valence-electron chi connectivity index (χ4n) is 10.5. The molecule has 3 aliphatic heterocycles. The van der Waals surface area contributed by atoms with E-state index in [4.69, 9.17) is 37.7 Å². The van der Waals surface area contributed by atoms with Crippen molar-refractivity contribution in [1.29, 1.82) is 0 Å². The molecular weight excluding hydrogens is 959 g/mol. The van der Waals surface area contributed by atoms with Gasteiger partial charge in [-0.2, -0.15) is 8.42 Å². The molecular formula is C52H97NO18S. The van der Waals surface area contributed by atoms with Gasteiger partial charge in [-0.25, -0.2) is 4.18 Å². The SMILES string of the molecule is CCC(=O)O[C@H]1C(O[C@@H]2[C@@H](C)[C@H](OC3C[C@](C)(OC)[C@H](O)[C@@H](C)O3)[C@@H](C)C(=O)O[C@H](CC)[C@@](C)(O)[C@H](O)[C@@H](C)C(=O)[C@H](C)CC2(C)O)O[C@H](C)C[C@@H]1N(C)C.CCCCCCCCCCCCOS(=O)(=O)O. The maximum Gasteiger partial charge on any atom is 0.397 e. The van der Waals surface area contributed by atoms with Gasteiger partial charge in [-0.05, 0) is 81.3 Å². The van der Waals surface area contributed by atoms with E-state index in [2.05, 4.69) is 11.1 Å². The normalized spacial score (nSPS) is 38.6. The highest BCUT2D eigenvalue weighted by atomic mass is 32.3. The highest BCUT2D eigenvalue weighted by Gasteiger charge is 2.54. The largest absolute Gasteiger partial charge is 0.459 e. The van der Waals surface area contributed by atoms with Crippen molar-refractivity contribution in [3.63, 3.8) is 0 Å². The number of esters is 2. The minimum absolute atomic E-state index is 0.0760. The van der Waals surface area contributed by atoms with Crippen LogP contribution < -0.4 is 0 Å². The molecule has 0 aromatic rings. The molecule has 3 unspecified atom stereocenters. The first-order valence-corrected chi connectivity index (χ1v) is 28.0. The highest BCUT2D eigenvalue weighted by molar-refractivity contribution is 7.80. The maximum atomic E-state index is 14.2. The molecule has 0 amide bonds. The number of ether oxygens (including phenoxy) is 7. The Morgan fingerprint density at radius 1 is 0.792 bits per heavy atom. The number of aliphatic hydroxyl groups excluding tert-OH is 2. The molecule has 3 fully saturated rings. The molecule has 0 aromatic carbocycles. The van der Waals surface area contributed by atoms with Crippen LogP contribution in [0.3, 0.4) is 0 Å². The van der Waals surface area contributed by atoms with Crippen LogP contribution in [0.2, 0.25) is 0 Å². The van der Waals surface area contributed by atoms with Crippen molar-refractivity contribution in [3.8, 4) is 0 Å². The van der Waals surface area contributed by atoms with Crippen LogP contribution in [-0.4, -0.2) is 168 Å². The third-order valence-electron chi connectivity index (χ3n) is 15.1. The van der Waals surface area contributed by atoms with Crippen LogP contribution in [0.4, 0.5) is 0 Å². The summed E-state index contributed by atoms with van der Waals surface area (Å²) >= 11 is 0. The van der Waals surface area contributed by atoms with Gasteiger partial charge in [-0.15, -0.1) is 0 Å². The first-order valence-electron chi connectivity index (χ1n) is 26.6. The lowest BCUT2D eigenvalue weighted by molar-refractivity contribution is -0.319. The molecule has 424 valence electrons. The number of aliphatic hydroxyl groups is 4. The van der Waals surface area contributed by atoms with Gasteiger partial charge in [0.1, 0.15) is 23.6 Å². The summed E-state index contributed by atoms with van der Waals surface area (Å²) in [7, 11) is 0.973. The summed E-state index contributed by atoms with van der Waals surface area (Å²) < 4.78 is 76.6. The lowest BCUT2D eigenvalue weighted by atomic mass is 9.74. The number of cyclic esters (lactones) is 1. The summed E-state index contributed by atoms with van der Waals surface area (Å²) in [4.78, 5) is 42.9. The van der Waals surface area contributed by atoms with Crippen LogP contribution in [-0.2, 0) is 62.1 Å². The lowest BCUT2D eigenvalue weighted by Crippen LogP contribution is -2.61. The van der Waals surface area contributed by atoms with E-state index in [9.17, 15) is 43.2 Å². The average Bonchev–Trinajstić information content (AvgIpc) is 3.30. The summed E-state index contributed by atoms with van der Waals surface area (Å²) in [6.45, 7) is 20.3. The van der Waals surface area contributed by atoms with Gasteiger partial charge in [-0.3, -0.25) is 18.9 Å². The Kier molecular flexibility index (Phi) is 27.7. The Morgan fingerprint density at radius 2 is 1.36 bits per heavy atom. The predicted octanol–water partition coefficient (Wildman–Crippen LogP) is 6.47. The van der Waals surface area contributed by atoms with Gasteiger partial charge in [-0.1, -0.05) is 99.3 Å². The van der Waals surface area contributed by atoms with E-state index in [1.165, 1.54) is 72.8 Å². The quantitative estimate of drug-likeness (QED) is 0.0468. The number of carbonyl (C=O) groups is 3. The molecule has 5 N–H and O–H groups in total. The molecule has 3 saturated heterocycles. The summed E-state index contributed by atoms with van der Waals surface area (Å²) in [5, 5.41) is 46.6. The monoisotopic (exact) mass is 1060 g/mol. The van der Waals surface area contributed by atoms with E-state index < -0.39 is 124 Å². The smallest absolute Gasteiger partial charge is 0.397 e. The van der Waals surface area contributed by atoms with Gasteiger partial charge in [0.15, 0.2) is 18.7 Å². The zero-order valence-corrected chi connectivity index (χ0v) is 47.2. The third kappa shape index (κ3) is 19.6. The molecule has 3 heterocycles. The molecule has 20 heteroatoms. The van der Waals surface area contributed by atoms with Crippen molar-refractivity contribution in [3.05, 3.63) is 0 Å². The second kappa shape index (κ2) is 30.1. The number of unbranched alkanes of at least 4 members (excludes halogenated alkanes) is 9. The van der Waals surface area contributed by atoms with Gasteiger partial charge in [0.25, 0.3) is 0 Å². The maximum absolute atomic E-state index is 14.2. The van der Waals surface area contributed by atoms with Crippen LogP contribution in [0, 0.1) is 23.7 Å². The molecule has 18 atom stereocenters. The zero-order valence-electron chi connectivity index (χ0n) is 46.4. The standard InChI is InChI=1S/C40H71NO14.C12H26O4S/c1-15-27-40(11,48)33(44)22(5)30(43)20(3)18-38(9,47)35(55-37-32(53-28(42)16-2)26(41(12)13)17-21(4)50-37)23(6)31(24(7)36(46)52-27)54-29-19-39(10,49-14)34(45)25(8)51-29;1-2-3-4-5-6-7-8-9-10-11-12-16-17(13,14)15/h20-27,29,31-35,37,44-45,47-48H,15-19H2,1-14H3;2-12H2,1H3,(H,13,14,15)/t20-,21-,22+,23+,24-,25-,26+,27-,29?,31+,32-,33-,34-,35-,37?,38?,39+,40-;/m1./s1. The van der Waals surface area contributed by atoms with Crippen molar-refractivity contribution < 1.29 is 85.1 Å². The summed E-state index contributed by atoms with van der Waals surface area (Å²) in [6.07, 6.45) is 2.17. The fourth-order valence-corrected chi connectivity index (χ4v) is 10.8. The van der Waals surface area contributed by atoms with Crippen LogP contribution in [0.25, 0.3) is 0 Å². The number of carbonyl (C=O) groups excluding carboxylic acids is 3. The van der Waals surface area contributed by atoms with E-state index in [-0.39, 0.29) is 44.4 Å². The van der Waals surface area contributed by atoms with Crippen molar-refractivity contribution >= 4 is 28.1 Å². The van der Waals surface area contributed by atoms with Crippen molar-refractivity contribution in [2.45, 2.75) is 264 Å². The molecule has 19 nitrogen and oxygen atoms in total. The molecule has 0 aliphatic carbocycles. The Hall–Kier alpha value is -1.92. The summed E-state index contributed by atoms with van der Waals surface area (Å²) in [6, 6.07) is -0.319. The molecule has 0 bridgehead atoms. The minimum Gasteiger partial charge on any atom is -0.459 e. The summed E-state index contributed by atoms with van der Waals surface area (Å²) in [5.74, 6) is -5.59. The van der Waals surface area contributed by atoms with Crippen molar-refractivity contribution in [2.24, 2.45) is 23.7 Å². The topological polar surface area (TPSA) is 264 Å². The number of nitrogens with zero attached hydrogens (tertiary/aromatic N) is 1. The molecule has 72 heavy (non-hydrogen) atoms. The fraction of sp³-hybridized carbons (Fsp3) is 0.942. The highest BCUT2D eigenvalue weighted by Crippen LogP contribution is 2.41. The zero-order chi connectivity index (χ0) is 54.9. The second-order valence-corrected chi connectivity index (χ2v) is 22.8. The number of hydrogen-bond donors (Lipinski definition) is 5. The van der Waals surface area contributed by atoms with Crippen molar-refractivity contribution in [2.75, 3.05) is 27.8 Å². The average molecular weight is 1060 g/mol. The first kappa shape index (κ1) is 66.2. The minimum atomic E-state index is -4.23. The Morgan fingerprint density at radius 3 is 1.88 bits per heavy atom. The molecule has 0 spiro atoms. The number of likely N-dealkylation sites (N-methyl/N-ethyl adjacent to an activating group) is 1. The van der Waals surface area contributed by atoms with Gasteiger partial charge in [0.05, 0.1) is 60.3 Å². The van der Waals surface area contributed by atoms with E-state index in [1.54, 1.807) is 48.5 Å². The Bertz CT molecular complexity index is 1730. The van der Waals surface area contributed by atoms with Crippen LogP contribution in [0.1, 0.15) is 179 Å². The van der Waals surface area contributed by atoms with Crippen LogP contribution in [0.15, 0.2) is 0 Å². The number of methoxy groups -OCH3 is 1. The molecule has 0 saturated carbocycles. The van der Waals surface area contributed by atoms with E-state index in [0.717, 1.165) is 12.8 Å². The number of Topliss-reactive ketones (excluding diaryl/α,β-unsaturated/α-hetero) is 1.